The Morgan fingerprint density at radius 3 is 2.71 bits per heavy atom. The Hall–Kier alpha value is -0.550. The first-order chi connectivity index (χ1) is 9.40. The summed E-state index contributed by atoms with van der Waals surface area (Å²) in [5.41, 5.74) is 6.05. The van der Waals surface area contributed by atoms with Gasteiger partial charge in [0, 0.05) is 19.1 Å². The summed E-state index contributed by atoms with van der Waals surface area (Å²) >= 11 is 11.6. The lowest BCUT2D eigenvalue weighted by atomic mass is 9.92. The zero-order chi connectivity index (χ0) is 14.9. The maximum Gasteiger partial charge on any atom is 0.255 e. The van der Waals surface area contributed by atoms with E-state index >= 15 is 0 Å². The fraction of sp³-hybridized carbons (Fsp3) is 0.500. The Labute approximate surface area is 140 Å². The molecular weight excluding hydrogens is 338 g/mol. The molecule has 0 radical (unpaired) electrons. The molecule has 1 aromatic rings. The van der Waals surface area contributed by atoms with E-state index in [1.54, 1.807) is 4.90 Å². The molecule has 1 amide bonds. The van der Waals surface area contributed by atoms with Crippen LogP contribution in [0.5, 0.6) is 0 Å². The summed E-state index contributed by atoms with van der Waals surface area (Å²) in [5, 5.41) is 0.0861. The lowest BCUT2D eigenvalue weighted by molar-refractivity contribution is 0.0660. The van der Waals surface area contributed by atoms with Crippen LogP contribution in [0.15, 0.2) is 12.1 Å². The Bertz CT molecular complexity index is 525. The van der Waals surface area contributed by atoms with Gasteiger partial charge in [0.15, 0.2) is 0 Å². The third-order valence-electron chi connectivity index (χ3n) is 3.73. The van der Waals surface area contributed by atoms with E-state index in [0.717, 1.165) is 18.9 Å². The van der Waals surface area contributed by atoms with Gasteiger partial charge in [-0.2, -0.15) is 0 Å². The van der Waals surface area contributed by atoms with E-state index in [2.05, 4.69) is 0 Å². The van der Waals surface area contributed by atoms with Crippen LogP contribution >= 0.6 is 35.6 Å². The van der Waals surface area contributed by atoms with Crippen LogP contribution in [0.2, 0.25) is 10.0 Å². The number of likely N-dealkylation sites (tertiary alicyclic amines) is 1. The molecule has 2 N–H and O–H groups in total. The molecule has 0 bridgehead atoms. The first-order valence-electron chi connectivity index (χ1n) is 6.59. The van der Waals surface area contributed by atoms with Crippen molar-refractivity contribution in [1.82, 2.24) is 4.90 Å². The Balaban J connectivity index is 0.00000220. The van der Waals surface area contributed by atoms with E-state index in [1.165, 1.54) is 6.07 Å². The standard InChI is InChI=1S/C14H17Cl2FN2O.ClH/c1-8(18)9-3-2-4-19(7-9)14(20)10-5-13(17)12(16)6-11(10)15;/h5-6,8-9H,2-4,7,18H2,1H3;1H. The number of carbonyl (C=O) groups excluding carboxylic acids is 1. The Kier molecular flexibility index (Phi) is 6.72. The first-order valence-corrected chi connectivity index (χ1v) is 7.35. The van der Waals surface area contributed by atoms with Gasteiger partial charge in [-0.25, -0.2) is 4.39 Å². The smallest absolute Gasteiger partial charge is 0.255 e. The summed E-state index contributed by atoms with van der Waals surface area (Å²) in [6, 6.07) is 2.39. The van der Waals surface area contributed by atoms with Crippen molar-refractivity contribution >= 4 is 41.5 Å². The van der Waals surface area contributed by atoms with Gasteiger partial charge in [-0.3, -0.25) is 4.79 Å². The van der Waals surface area contributed by atoms with Gasteiger partial charge in [-0.1, -0.05) is 23.2 Å². The number of piperidine rings is 1. The second kappa shape index (κ2) is 7.63. The predicted molar refractivity (Wildman–Crippen MR) is 85.9 cm³/mol. The second-order valence-corrected chi connectivity index (χ2v) is 6.07. The third-order valence-corrected chi connectivity index (χ3v) is 4.33. The van der Waals surface area contributed by atoms with Gasteiger partial charge in [0.1, 0.15) is 5.82 Å². The van der Waals surface area contributed by atoms with Crippen LogP contribution in [0.3, 0.4) is 0 Å². The van der Waals surface area contributed by atoms with Crippen LogP contribution in [0.25, 0.3) is 0 Å². The largest absolute Gasteiger partial charge is 0.338 e. The van der Waals surface area contributed by atoms with E-state index in [1.807, 2.05) is 6.92 Å². The van der Waals surface area contributed by atoms with E-state index in [0.29, 0.717) is 13.1 Å². The van der Waals surface area contributed by atoms with Crippen molar-refractivity contribution in [3.8, 4) is 0 Å². The number of amides is 1. The lowest BCUT2D eigenvalue weighted by Gasteiger charge is -2.34. The van der Waals surface area contributed by atoms with Crippen molar-refractivity contribution in [3.05, 3.63) is 33.6 Å². The highest BCUT2D eigenvalue weighted by Crippen LogP contribution is 2.27. The maximum atomic E-state index is 13.5. The molecule has 0 saturated carbocycles. The van der Waals surface area contributed by atoms with E-state index in [9.17, 15) is 9.18 Å². The third kappa shape index (κ3) is 4.22. The summed E-state index contributed by atoms with van der Waals surface area (Å²) in [6.45, 7) is 3.16. The van der Waals surface area contributed by atoms with E-state index in [-0.39, 0.29) is 45.9 Å². The minimum atomic E-state index is -0.639. The van der Waals surface area contributed by atoms with Crippen molar-refractivity contribution in [2.45, 2.75) is 25.8 Å². The summed E-state index contributed by atoms with van der Waals surface area (Å²) in [6.07, 6.45) is 1.90. The molecule has 1 fully saturated rings. The van der Waals surface area contributed by atoms with Gasteiger partial charge >= 0.3 is 0 Å². The molecule has 2 unspecified atom stereocenters. The molecule has 0 aliphatic carbocycles. The molecule has 1 saturated heterocycles. The molecule has 1 aromatic carbocycles. The molecule has 21 heavy (non-hydrogen) atoms. The number of hydrogen-bond acceptors (Lipinski definition) is 2. The van der Waals surface area contributed by atoms with Crippen LogP contribution in [0.4, 0.5) is 4.39 Å². The molecule has 0 spiro atoms. The molecule has 7 heteroatoms. The number of carbonyl (C=O) groups is 1. The molecule has 1 aliphatic rings. The fourth-order valence-corrected chi connectivity index (χ4v) is 2.94. The van der Waals surface area contributed by atoms with Crippen LogP contribution < -0.4 is 5.73 Å². The average molecular weight is 356 g/mol. The highest BCUT2D eigenvalue weighted by atomic mass is 35.5. The summed E-state index contributed by atoms with van der Waals surface area (Å²) < 4.78 is 13.5. The van der Waals surface area contributed by atoms with E-state index < -0.39 is 5.82 Å². The van der Waals surface area contributed by atoms with Crippen LogP contribution in [0.1, 0.15) is 30.1 Å². The van der Waals surface area contributed by atoms with Crippen molar-refractivity contribution in [2.24, 2.45) is 11.7 Å². The summed E-state index contributed by atoms with van der Waals surface area (Å²) in [7, 11) is 0. The zero-order valence-electron chi connectivity index (χ0n) is 11.6. The summed E-state index contributed by atoms with van der Waals surface area (Å²) in [5.74, 6) is -0.639. The minimum Gasteiger partial charge on any atom is -0.338 e. The molecule has 1 aliphatic heterocycles. The minimum absolute atomic E-state index is 0. The topological polar surface area (TPSA) is 46.3 Å². The normalized spacial score (nSPS) is 19.9. The highest BCUT2D eigenvalue weighted by molar-refractivity contribution is 6.36. The number of hydrogen-bond donors (Lipinski definition) is 1. The molecule has 118 valence electrons. The Morgan fingerprint density at radius 1 is 1.43 bits per heavy atom. The number of nitrogens with two attached hydrogens (primary N) is 1. The van der Waals surface area contributed by atoms with Crippen LogP contribution in [-0.4, -0.2) is 29.9 Å². The second-order valence-electron chi connectivity index (χ2n) is 5.26. The van der Waals surface area contributed by atoms with Crippen molar-refractivity contribution in [2.75, 3.05) is 13.1 Å². The molecule has 2 rings (SSSR count). The van der Waals surface area contributed by atoms with E-state index in [4.69, 9.17) is 28.9 Å². The number of nitrogens with zero attached hydrogens (tertiary/aromatic N) is 1. The zero-order valence-corrected chi connectivity index (χ0v) is 13.9. The number of benzene rings is 1. The maximum absolute atomic E-state index is 13.5. The van der Waals surface area contributed by atoms with Gasteiger partial charge in [-0.15, -0.1) is 12.4 Å². The predicted octanol–water partition coefficient (Wildman–Crippen LogP) is 3.75. The average Bonchev–Trinajstić information content (AvgIpc) is 2.42. The van der Waals surface area contributed by atoms with Crippen molar-refractivity contribution in [3.63, 3.8) is 0 Å². The SMILES string of the molecule is CC(N)C1CCCN(C(=O)c2cc(F)c(Cl)cc2Cl)C1.Cl. The molecule has 2 atom stereocenters. The molecule has 1 heterocycles. The van der Waals surface area contributed by atoms with Crippen molar-refractivity contribution in [1.29, 1.82) is 0 Å². The first kappa shape index (κ1) is 18.5. The summed E-state index contributed by atoms with van der Waals surface area (Å²) in [4.78, 5) is 14.1. The van der Waals surface area contributed by atoms with Gasteiger partial charge in [-0.05, 0) is 37.8 Å². The van der Waals surface area contributed by atoms with Crippen molar-refractivity contribution < 1.29 is 9.18 Å². The quantitative estimate of drug-likeness (QED) is 0.821. The fourth-order valence-electron chi connectivity index (χ4n) is 2.48. The van der Waals surface area contributed by atoms with Crippen LogP contribution in [-0.2, 0) is 0 Å². The molecular formula is C14H18Cl3FN2O. The highest BCUT2D eigenvalue weighted by Gasteiger charge is 2.28. The van der Waals surface area contributed by atoms with Gasteiger partial charge in [0.2, 0.25) is 0 Å². The monoisotopic (exact) mass is 354 g/mol. The number of halogens is 4. The molecule has 3 nitrogen and oxygen atoms in total. The number of rotatable bonds is 2. The molecule has 0 aromatic heterocycles. The van der Waals surface area contributed by atoms with Gasteiger partial charge in [0.05, 0.1) is 15.6 Å². The van der Waals surface area contributed by atoms with Gasteiger partial charge < -0.3 is 10.6 Å². The lowest BCUT2D eigenvalue weighted by Crippen LogP contribution is -2.45. The van der Waals surface area contributed by atoms with Gasteiger partial charge in [0.25, 0.3) is 5.91 Å². The van der Waals surface area contributed by atoms with Crippen LogP contribution in [0, 0.1) is 11.7 Å². The Morgan fingerprint density at radius 2 is 2.10 bits per heavy atom.